The number of rotatable bonds is 2. The molecule has 0 saturated carbocycles. The number of H-pyrrole nitrogens is 1. The summed E-state index contributed by atoms with van der Waals surface area (Å²) >= 11 is 5.82. The quantitative estimate of drug-likeness (QED) is 0.876. The SMILES string of the molecule is CC(Cl)=CCc1c(C)[nH]c2c(C)cccc2c1=O. The van der Waals surface area contributed by atoms with Crippen LogP contribution in [-0.4, -0.2) is 4.98 Å². The summed E-state index contributed by atoms with van der Waals surface area (Å²) < 4.78 is 0. The van der Waals surface area contributed by atoms with Crippen molar-refractivity contribution in [1.82, 2.24) is 4.98 Å². The van der Waals surface area contributed by atoms with Crippen molar-refractivity contribution >= 4 is 22.5 Å². The molecule has 0 atom stereocenters. The molecule has 0 saturated heterocycles. The Hall–Kier alpha value is -1.54. The largest absolute Gasteiger partial charge is 0.358 e. The molecule has 1 aromatic heterocycles. The maximum Gasteiger partial charge on any atom is 0.193 e. The van der Waals surface area contributed by atoms with Gasteiger partial charge in [-0.2, -0.15) is 0 Å². The number of pyridine rings is 1. The minimum atomic E-state index is 0.0964. The molecule has 0 aliphatic heterocycles. The number of hydrogen-bond acceptors (Lipinski definition) is 1. The third-order valence-corrected chi connectivity index (χ3v) is 3.30. The monoisotopic (exact) mass is 261 g/mol. The van der Waals surface area contributed by atoms with E-state index in [9.17, 15) is 4.79 Å². The first kappa shape index (κ1) is 12.9. The van der Waals surface area contributed by atoms with Gasteiger partial charge in [0.2, 0.25) is 0 Å². The van der Waals surface area contributed by atoms with Crippen LogP contribution in [0.5, 0.6) is 0 Å². The van der Waals surface area contributed by atoms with Crippen LogP contribution in [0.15, 0.2) is 34.1 Å². The summed E-state index contributed by atoms with van der Waals surface area (Å²) in [5, 5.41) is 1.45. The summed E-state index contributed by atoms with van der Waals surface area (Å²) in [6.45, 7) is 5.75. The predicted octanol–water partition coefficient (Wildman–Crippen LogP) is 3.83. The molecule has 1 N–H and O–H groups in total. The van der Waals surface area contributed by atoms with E-state index < -0.39 is 0 Å². The van der Waals surface area contributed by atoms with Crippen molar-refractivity contribution in [3.63, 3.8) is 0 Å². The van der Waals surface area contributed by atoms with Crippen molar-refractivity contribution in [2.24, 2.45) is 0 Å². The number of aromatic nitrogens is 1. The number of aromatic amines is 1. The van der Waals surface area contributed by atoms with Crippen LogP contribution in [0.25, 0.3) is 10.9 Å². The average Bonchev–Trinajstić information content (AvgIpc) is 2.30. The van der Waals surface area contributed by atoms with Crippen molar-refractivity contribution in [2.45, 2.75) is 27.2 Å². The highest BCUT2D eigenvalue weighted by Gasteiger charge is 2.09. The third kappa shape index (κ3) is 2.34. The van der Waals surface area contributed by atoms with Gasteiger partial charge in [0.1, 0.15) is 0 Å². The summed E-state index contributed by atoms with van der Waals surface area (Å²) in [5.41, 5.74) is 3.81. The molecule has 0 aliphatic carbocycles. The number of allylic oxidation sites excluding steroid dienone is 2. The van der Waals surface area contributed by atoms with Gasteiger partial charge in [0.15, 0.2) is 5.43 Å². The fraction of sp³-hybridized carbons (Fsp3) is 0.267. The van der Waals surface area contributed by atoms with Gasteiger partial charge >= 0.3 is 0 Å². The molecule has 94 valence electrons. The topological polar surface area (TPSA) is 32.9 Å². The normalized spacial score (nSPS) is 12.1. The Morgan fingerprint density at radius 1 is 1.39 bits per heavy atom. The first-order chi connectivity index (χ1) is 8.50. The maximum atomic E-state index is 12.4. The van der Waals surface area contributed by atoms with Gasteiger partial charge in [-0.1, -0.05) is 29.8 Å². The Labute approximate surface area is 111 Å². The minimum absolute atomic E-state index is 0.0964. The highest BCUT2D eigenvalue weighted by atomic mass is 35.5. The number of para-hydroxylation sites is 1. The van der Waals surface area contributed by atoms with Crippen LogP contribution in [0.2, 0.25) is 0 Å². The molecule has 0 spiro atoms. The minimum Gasteiger partial charge on any atom is -0.358 e. The van der Waals surface area contributed by atoms with Crippen molar-refractivity contribution in [3.05, 3.63) is 56.4 Å². The smallest absolute Gasteiger partial charge is 0.193 e. The van der Waals surface area contributed by atoms with Crippen molar-refractivity contribution in [3.8, 4) is 0 Å². The highest BCUT2D eigenvalue weighted by Crippen LogP contribution is 2.16. The molecule has 2 aromatic rings. The van der Waals surface area contributed by atoms with E-state index in [4.69, 9.17) is 11.6 Å². The fourth-order valence-corrected chi connectivity index (χ4v) is 2.18. The van der Waals surface area contributed by atoms with Crippen LogP contribution in [0.3, 0.4) is 0 Å². The standard InChI is InChI=1S/C15H16ClNO/c1-9-5-4-6-13-14(9)17-11(3)12(15(13)18)8-7-10(2)16/h4-7H,8H2,1-3H3,(H,17,18). The van der Waals surface area contributed by atoms with Crippen molar-refractivity contribution in [1.29, 1.82) is 0 Å². The third-order valence-electron chi connectivity index (χ3n) is 3.14. The Bertz CT molecular complexity index is 679. The lowest BCUT2D eigenvalue weighted by Gasteiger charge is -2.08. The molecule has 1 heterocycles. The number of benzene rings is 1. The van der Waals surface area contributed by atoms with Gasteiger partial charge in [-0.15, -0.1) is 0 Å². The van der Waals surface area contributed by atoms with Crippen LogP contribution in [0.1, 0.15) is 23.7 Å². The first-order valence-electron chi connectivity index (χ1n) is 5.94. The number of nitrogens with one attached hydrogen (secondary N) is 1. The van der Waals surface area contributed by atoms with Crippen LogP contribution < -0.4 is 5.43 Å². The fourth-order valence-electron chi connectivity index (χ4n) is 2.11. The first-order valence-corrected chi connectivity index (χ1v) is 6.32. The average molecular weight is 262 g/mol. The summed E-state index contributed by atoms with van der Waals surface area (Å²) in [6, 6.07) is 5.77. The zero-order chi connectivity index (χ0) is 13.3. The number of aryl methyl sites for hydroxylation is 2. The summed E-state index contributed by atoms with van der Waals surface area (Å²) in [7, 11) is 0. The molecule has 3 heteroatoms. The number of halogens is 1. The predicted molar refractivity (Wildman–Crippen MR) is 77.4 cm³/mol. The second-order valence-corrected chi connectivity index (χ2v) is 5.15. The Kier molecular flexibility index (Phi) is 3.58. The van der Waals surface area contributed by atoms with Gasteiger partial charge < -0.3 is 4.98 Å². The molecular weight excluding hydrogens is 246 g/mol. The zero-order valence-electron chi connectivity index (χ0n) is 10.8. The zero-order valence-corrected chi connectivity index (χ0v) is 11.6. The van der Waals surface area contributed by atoms with E-state index in [1.54, 1.807) is 0 Å². The lowest BCUT2D eigenvalue weighted by Crippen LogP contribution is -2.13. The molecule has 0 amide bonds. The molecule has 0 unspecified atom stereocenters. The van der Waals surface area contributed by atoms with Crippen LogP contribution in [-0.2, 0) is 6.42 Å². The Balaban J connectivity index is 2.70. The Morgan fingerprint density at radius 2 is 2.11 bits per heavy atom. The van der Waals surface area contributed by atoms with Crippen LogP contribution in [0.4, 0.5) is 0 Å². The lowest BCUT2D eigenvalue weighted by atomic mass is 10.0. The molecule has 2 rings (SSSR count). The molecule has 1 aromatic carbocycles. The molecule has 0 bridgehead atoms. The maximum absolute atomic E-state index is 12.4. The van der Waals surface area contributed by atoms with Crippen LogP contribution >= 0.6 is 11.6 Å². The van der Waals surface area contributed by atoms with Crippen molar-refractivity contribution in [2.75, 3.05) is 0 Å². The van der Waals surface area contributed by atoms with Gasteiger partial charge in [0.05, 0.1) is 5.52 Å². The molecule has 0 fully saturated rings. The van der Waals surface area contributed by atoms with Crippen LogP contribution in [0, 0.1) is 13.8 Å². The van der Waals surface area contributed by atoms with Gasteiger partial charge in [-0.05, 0) is 38.8 Å². The van der Waals surface area contributed by atoms with Gasteiger partial charge in [0, 0.05) is 21.7 Å². The van der Waals surface area contributed by atoms with Crippen molar-refractivity contribution < 1.29 is 0 Å². The summed E-state index contributed by atoms with van der Waals surface area (Å²) in [5.74, 6) is 0. The van der Waals surface area contributed by atoms with E-state index in [0.29, 0.717) is 11.5 Å². The number of hydrogen-bond donors (Lipinski definition) is 1. The van der Waals surface area contributed by atoms with Gasteiger partial charge in [0.25, 0.3) is 0 Å². The summed E-state index contributed by atoms with van der Waals surface area (Å²) in [6.07, 6.45) is 2.43. The molecule has 18 heavy (non-hydrogen) atoms. The summed E-state index contributed by atoms with van der Waals surface area (Å²) in [4.78, 5) is 15.7. The van der Waals surface area contributed by atoms with Gasteiger partial charge in [-0.3, -0.25) is 4.79 Å². The second-order valence-electron chi connectivity index (χ2n) is 4.55. The van der Waals surface area contributed by atoms with E-state index in [1.165, 1.54) is 0 Å². The van der Waals surface area contributed by atoms with Gasteiger partial charge in [-0.25, -0.2) is 0 Å². The van der Waals surface area contributed by atoms with E-state index in [0.717, 1.165) is 27.7 Å². The lowest BCUT2D eigenvalue weighted by molar-refractivity contribution is 1.11. The van der Waals surface area contributed by atoms with E-state index in [-0.39, 0.29) is 5.43 Å². The molecular formula is C15H16ClNO. The molecule has 0 radical (unpaired) electrons. The molecule has 2 nitrogen and oxygen atoms in total. The van der Waals surface area contributed by atoms with E-state index in [2.05, 4.69) is 4.98 Å². The highest BCUT2D eigenvalue weighted by molar-refractivity contribution is 6.29. The number of fused-ring (bicyclic) bond motifs is 1. The Morgan fingerprint density at radius 3 is 2.78 bits per heavy atom. The molecule has 0 aliphatic rings. The second kappa shape index (κ2) is 4.99. The van der Waals surface area contributed by atoms with E-state index >= 15 is 0 Å². The van der Waals surface area contributed by atoms with E-state index in [1.807, 2.05) is 45.0 Å².